The van der Waals surface area contributed by atoms with Crippen LogP contribution in [0.2, 0.25) is 0 Å². The predicted molar refractivity (Wildman–Crippen MR) is 80.4 cm³/mol. The minimum Gasteiger partial charge on any atom is -0.377 e. The van der Waals surface area contributed by atoms with E-state index in [1.165, 1.54) is 0 Å². The molecule has 22 heavy (non-hydrogen) atoms. The van der Waals surface area contributed by atoms with Crippen LogP contribution in [0.1, 0.15) is 34.5 Å². The SMILES string of the molecule is Cc1cnc(C2COCCN2C(=O)Cc2c(C)n[nH]c2C)[nH]1. The van der Waals surface area contributed by atoms with Crippen molar-refractivity contribution in [1.82, 2.24) is 25.1 Å². The minimum absolute atomic E-state index is 0.0787. The van der Waals surface area contributed by atoms with Gasteiger partial charge in [-0.25, -0.2) is 4.98 Å². The number of aryl methyl sites for hydroxylation is 3. The summed E-state index contributed by atoms with van der Waals surface area (Å²) in [6, 6.07) is -0.150. The van der Waals surface area contributed by atoms with Gasteiger partial charge in [0.1, 0.15) is 11.9 Å². The molecule has 7 heteroatoms. The van der Waals surface area contributed by atoms with E-state index in [9.17, 15) is 4.79 Å². The Hall–Kier alpha value is -2.15. The first-order chi connectivity index (χ1) is 10.6. The zero-order valence-electron chi connectivity index (χ0n) is 13.1. The first-order valence-corrected chi connectivity index (χ1v) is 7.45. The molecule has 0 spiro atoms. The molecular weight excluding hydrogens is 282 g/mol. The van der Waals surface area contributed by atoms with Crippen LogP contribution in [0.3, 0.4) is 0 Å². The highest BCUT2D eigenvalue weighted by molar-refractivity contribution is 5.79. The van der Waals surface area contributed by atoms with Gasteiger partial charge >= 0.3 is 0 Å². The maximum atomic E-state index is 12.7. The van der Waals surface area contributed by atoms with Crippen molar-refractivity contribution in [3.63, 3.8) is 0 Å². The fourth-order valence-corrected chi connectivity index (χ4v) is 2.82. The van der Waals surface area contributed by atoms with Crippen molar-refractivity contribution in [3.05, 3.63) is 34.7 Å². The van der Waals surface area contributed by atoms with E-state index in [-0.39, 0.29) is 11.9 Å². The van der Waals surface area contributed by atoms with Crippen LogP contribution in [0.25, 0.3) is 0 Å². The lowest BCUT2D eigenvalue weighted by molar-refractivity contribution is -0.139. The normalized spacial score (nSPS) is 18.7. The number of carbonyl (C=O) groups is 1. The molecule has 118 valence electrons. The standard InChI is InChI=1S/C15H21N5O2/c1-9-7-16-15(17-9)13-8-22-5-4-20(13)14(21)6-12-10(2)18-19-11(12)3/h7,13H,4-6,8H2,1-3H3,(H,16,17)(H,18,19). The van der Waals surface area contributed by atoms with Crippen molar-refractivity contribution < 1.29 is 9.53 Å². The molecule has 1 aliphatic rings. The molecule has 2 aromatic rings. The van der Waals surface area contributed by atoms with Crippen LogP contribution in [0.4, 0.5) is 0 Å². The number of amides is 1. The molecule has 3 heterocycles. The number of hydrogen-bond acceptors (Lipinski definition) is 4. The maximum Gasteiger partial charge on any atom is 0.227 e. The van der Waals surface area contributed by atoms with Crippen LogP contribution in [-0.4, -0.2) is 50.7 Å². The van der Waals surface area contributed by atoms with E-state index in [1.807, 2.05) is 25.7 Å². The Morgan fingerprint density at radius 3 is 2.91 bits per heavy atom. The van der Waals surface area contributed by atoms with E-state index in [0.717, 1.165) is 28.5 Å². The second-order valence-electron chi connectivity index (χ2n) is 5.72. The maximum absolute atomic E-state index is 12.7. The smallest absolute Gasteiger partial charge is 0.227 e. The van der Waals surface area contributed by atoms with Gasteiger partial charge in [0.25, 0.3) is 0 Å². The summed E-state index contributed by atoms with van der Waals surface area (Å²) in [5.41, 5.74) is 3.79. The molecule has 2 aromatic heterocycles. The highest BCUT2D eigenvalue weighted by atomic mass is 16.5. The minimum atomic E-state index is -0.150. The Bertz CT molecular complexity index is 656. The van der Waals surface area contributed by atoms with E-state index in [0.29, 0.717) is 26.2 Å². The second kappa shape index (κ2) is 5.92. The number of rotatable bonds is 3. The zero-order chi connectivity index (χ0) is 15.7. The molecule has 2 N–H and O–H groups in total. The van der Waals surface area contributed by atoms with Gasteiger partial charge < -0.3 is 14.6 Å². The number of carbonyl (C=O) groups excluding carboxylic acids is 1. The fourth-order valence-electron chi connectivity index (χ4n) is 2.82. The number of hydrogen-bond donors (Lipinski definition) is 2. The first-order valence-electron chi connectivity index (χ1n) is 7.45. The monoisotopic (exact) mass is 303 g/mol. The van der Waals surface area contributed by atoms with Crippen LogP contribution in [-0.2, 0) is 16.0 Å². The van der Waals surface area contributed by atoms with E-state index in [1.54, 1.807) is 6.20 Å². The van der Waals surface area contributed by atoms with E-state index in [4.69, 9.17) is 4.74 Å². The predicted octanol–water partition coefficient (Wildman–Crippen LogP) is 1.20. The Balaban J connectivity index is 1.80. The Kier molecular flexibility index (Phi) is 3.98. The Morgan fingerprint density at radius 1 is 1.45 bits per heavy atom. The lowest BCUT2D eigenvalue weighted by Crippen LogP contribution is -2.44. The van der Waals surface area contributed by atoms with E-state index < -0.39 is 0 Å². The van der Waals surface area contributed by atoms with Crippen LogP contribution in [0.5, 0.6) is 0 Å². The summed E-state index contributed by atoms with van der Waals surface area (Å²) in [5.74, 6) is 0.862. The van der Waals surface area contributed by atoms with Crippen molar-refractivity contribution in [1.29, 1.82) is 0 Å². The van der Waals surface area contributed by atoms with E-state index in [2.05, 4.69) is 20.2 Å². The van der Waals surface area contributed by atoms with Crippen molar-refractivity contribution >= 4 is 5.91 Å². The van der Waals surface area contributed by atoms with Crippen LogP contribution >= 0.6 is 0 Å². The summed E-state index contributed by atoms with van der Waals surface area (Å²) in [7, 11) is 0. The topological polar surface area (TPSA) is 86.9 Å². The van der Waals surface area contributed by atoms with Gasteiger partial charge in [-0.1, -0.05) is 0 Å². The average Bonchev–Trinajstić information content (AvgIpc) is 3.08. The molecule has 0 bridgehead atoms. The summed E-state index contributed by atoms with van der Waals surface area (Å²) in [6.45, 7) is 7.42. The van der Waals surface area contributed by atoms with Crippen LogP contribution < -0.4 is 0 Å². The Labute approximate surface area is 129 Å². The average molecular weight is 303 g/mol. The van der Waals surface area contributed by atoms with Gasteiger partial charge in [-0.15, -0.1) is 0 Å². The molecule has 0 radical (unpaired) electrons. The van der Waals surface area contributed by atoms with E-state index >= 15 is 0 Å². The molecule has 1 unspecified atom stereocenters. The van der Waals surface area contributed by atoms with Crippen molar-refractivity contribution in [3.8, 4) is 0 Å². The lowest BCUT2D eigenvalue weighted by Gasteiger charge is -2.34. The van der Waals surface area contributed by atoms with Gasteiger partial charge in [0.15, 0.2) is 0 Å². The van der Waals surface area contributed by atoms with Gasteiger partial charge in [0.05, 0.1) is 25.3 Å². The number of nitrogens with zero attached hydrogens (tertiary/aromatic N) is 3. The molecule has 1 atom stereocenters. The molecule has 0 aromatic carbocycles. The number of morpholine rings is 1. The molecule has 1 saturated heterocycles. The fraction of sp³-hybridized carbons (Fsp3) is 0.533. The number of nitrogens with one attached hydrogen (secondary N) is 2. The lowest BCUT2D eigenvalue weighted by atomic mass is 10.1. The molecule has 1 amide bonds. The molecule has 1 aliphatic heterocycles. The largest absolute Gasteiger partial charge is 0.377 e. The van der Waals surface area contributed by atoms with Gasteiger partial charge in [-0.2, -0.15) is 5.10 Å². The van der Waals surface area contributed by atoms with Crippen LogP contribution in [0, 0.1) is 20.8 Å². The van der Waals surface area contributed by atoms with Gasteiger partial charge in [0, 0.05) is 29.7 Å². The molecule has 3 rings (SSSR count). The summed E-state index contributed by atoms with van der Waals surface area (Å²) < 4.78 is 5.54. The van der Waals surface area contributed by atoms with Gasteiger partial charge in [-0.05, 0) is 20.8 Å². The second-order valence-corrected chi connectivity index (χ2v) is 5.72. The molecule has 1 fully saturated rings. The third kappa shape index (κ3) is 2.76. The number of imidazole rings is 1. The quantitative estimate of drug-likeness (QED) is 0.892. The number of aromatic nitrogens is 4. The highest BCUT2D eigenvalue weighted by Crippen LogP contribution is 2.23. The molecule has 0 saturated carbocycles. The first kappa shape index (κ1) is 14.8. The third-order valence-electron chi connectivity index (χ3n) is 4.10. The number of aromatic amines is 2. The molecule has 0 aliphatic carbocycles. The van der Waals surface area contributed by atoms with Gasteiger partial charge in [0.2, 0.25) is 5.91 Å². The van der Waals surface area contributed by atoms with Crippen molar-refractivity contribution in [2.75, 3.05) is 19.8 Å². The van der Waals surface area contributed by atoms with Crippen molar-refractivity contribution in [2.45, 2.75) is 33.2 Å². The summed E-state index contributed by atoms with van der Waals surface area (Å²) in [5, 5.41) is 7.08. The highest BCUT2D eigenvalue weighted by Gasteiger charge is 2.31. The Morgan fingerprint density at radius 2 is 2.27 bits per heavy atom. The molecule has 7 nitrogen and oxygen atoms in total. The zero-order valence-corrected chi connectivity index (χ0v) is 13.1. The van der Waals surface area contributed by atoms with Crippen LogP contribution in [0.15, 0.2) is 6.20 Å². The van der Waals surface area contributed by atoms with Gasteiger partial charge in [-0.3, -0.25) is 9.89 Å². The third-order valence-corrected chi connectivity index (χ3v) is 4.10. The summed E-state index contributed by atoms with van der Waals surface area (Å²) in [6.07, 6.45) is 2.13. The summed E-state index contributed by atoms with van der Waals surface area (Å²) >= 11 is 0. The molecular formula is C15H21N5O2. The summed E-state index contributed by atoms with van der Waals surface area (Å²) in [4.78, 5) is 22.2. The number of ether oxygens (including phenoxy) is 1. The number of H-pyrrole nitrogens is 2. The van der Waals surface area contributed by atoms with Crippen molar-refractivity contribution in [2.24, 2.45) is 0 Å².